The highest BCUT2D eigenvalue weighted by molar-refractivity contribution is 7.12. The van der Waals surface area contributed by atoms with Gasteiger partial charge in [-0.15, -0.1) is 11.3 Å². The van der Waals surface area contributed by atoms with E-state index in [0.29, 0.717) is 17.9 Å². The Morgan fingerprint density at radius 1 is 1.32 bits per heavy atom. The normalized spacial score (nSPS) is 12.1. The first-order chi connectivity index (χ1) is 10.7. The van der Waals surface area contributed by atoms with Gasteiger partial charge < -0.3 is 14.7 Å². The molecule has 1 unspecified atom stereocenters. The summed E-state index contributed by atoms with van der Waals surface area (Å²) in [6.45, 7) is 0.459. The first-order valence-electron chi connectivity index (χ1n) is 7.17. The van der Waals surface area contributed by atoms with Crippen molar-refractivity contribution in [3.05, 3.63) is 57.8 Å². The molecule has 1 heterocycles. The minimum atomic E-state index is -0.142. The fourth-order valence-electron chi connectivity index (χ4n) is 2.48. The summed E-state index contributed by atoms with van der Waals surface area (Å²) >= 11 is 1.42. The highest BCUT2D eigenvalue weighted by atomic mass is 32.1. The van der Waals surface area contributed by atoms with Gasteiger partial charge in [-0.1, -0.05) is 30.3 Å². The van der Waals surface area contributed by atoms with Gasteiger partial charge in [0.05, 0.1) is 17.5 Å². The van der Waals surface area contributed by atoms with Crippen molar-refractivity contribution >= 4 is 17.2 Å². The zero-order valence-electron chi connectivity index (χ0n) is 12.9. The topological polar surface area (TPSA) is 49.8 Å². The Hall–Kier alpha value is -1.69. The van der Waals surface area contributed by atoms with E-state index in [-0.39, 0.29) is 18.6 Å². The Kier molecular flexibility index (Phi) is 6.12. The quantitative estimate of drug-likeness (QED) is 0.853. The van der Waals surface area contributed by atoms with Crippen molar-refractivity contribution in [3.8, 4) is 0 Å². The number of methoxy groups -OCH3 is 1. The van der Waals surface area contributed by atoms with E-state index >= 15 is 0 Å². The van der Waals surface area contributed by atoms with Crippen LogP contribution in [-0.4, -0.2) is 36.7 Å². The number of benzene rings is 1. The van der Waals surface area contributed by atoms with Crippen LogP contribution in [0.3, 0.4) is 0 Å². The van der Waals surface area contributed by atoms with Crippen LogP contribution in [0.2, 0.25) is 0 Å². The molecule has 2 rings (SSSR count). The Balaban J connectivity index is 2.24. The third-order valence-corrected chi connectivity index (χ3v) is 4.56. The van der Waals surface area contributed by atoms with Gasteiger partial charge >= 0.3 is 0 Å². The maximum Gasteiger partial charge on any atom is 0.264 e. The number of hydrogen-bond acceptors (Lipinski definition) is 4. The zero-order chi connectivity index (χ0) is 15.9. The lowest BCUT2D eigenvalue weighted by atomic mass is 10.0. The number of aliphatic hydroxyl groups excluding tert-OH is 1. The molecule has 2 aromatic rings. The van der Waals surface area contributed by atoms with Crippen molar-refractivity contribution in [2.75, 3.05) is 20.8 Å². The second-order valence-electron chi connectivity index (χ2n) is 5.06. The molecule has 1 N–H and O–H groups in total. The fourth-order valence-corrected chi connectivity index (χ4v) is 3.37. The summed E-state index contributed by atoms with van der Waals surface area (Å²) in [6.07, 6.45) is 0.511. The van der Waals surface area contributed by atoms with Crippen LogP contribution in [0, 0.1) is 0 Å². The van der Waals surface area contributed by atoms with Gasteiger partial charge in [-0.3, -0.25) is 4.79 Å². The molecule has 0 spiro atoms. The van der Waals surface area contributed by atoms with Gasteiger partial charge in [0.25, 0.3) is 5.91 Å². The van der Waals surface area contributed by atoms with Crippen LogP contribution in [0.25, 0.3) is 0 Å². The van der Waals surface area contributed by atoms with Gasteiger partial charge in [0.1, 0.15) is 0 Å². The van der Waals surface area contributed by atoms with Crippen LogP contribution in [0.4, 0.5) is 0 Å². The molecule has 0 radical (unpaired) electrons. The van der Waals surface area contributed by atoms with Crippen LogP contribution in [0.15, 0.2) is 41.8 Å². The van der Waals surface area contributed by atoms with Crippen molar-refractivity contribution in [1.29, 1.82) is 0 Å². The summed E-state index contributed by atoms with van der Waals surface area (Å²) in [5.41, 5.74) is 1.93. The third kappa shape index (κ3) is 3.74. The second-order valence-corrected chi connectivity index (χ2v) is 5.98. The van der Waals surface area contributed by atoms with Gasteiger partial charge in [0.2, 0.25) is 0 Å². The van der Waals surface area contributed by atoms with Crippen molar-refractivity contribution in [2.24, 2.45) is 0 Å². The van der Waals surface area contributed by atoms with E-state index in [1.807, 2.05) is 41.8 Å². The number of thiophene rings is 1. The molecule has 4 nitrogen and oxygen atoms in total. The molecule has 0 aliphatic carbocycles. The number of amides is 1. The third-order valence-electron chi connectivity index (χ3n) is 3.62. The molecule has 0 saturated heterocycles. The number of aliphatic hydroxyl groups is 1. The molecule has 0 aliphatic heterocycles. The average Bonchev–Trinajstić information content (AvgIpc) is 3.00. The monoisotopic (exact) mass is 319 g/mol. The molecule has 0 saturated carbocycles. The molecule has 5 heteroatoms. The number of nitrogens with zero attached hydrogens (tertiary/aromatic N) is 1. The van der Waals surface area contributed by atoms with Gasteiger partial charge in [0, 0.05) is 26.3 Å². The van der Waals surface area contributed by atoms with Crippen molar-refractivity contribution in [2.45, 2.75) is 19.1 Å². The molecule has 1 aromatic carbocycles. The molecule has 118 valence electrons. The van der Waals surface area contributed by atoms with Crippen molar-refractivity contribution in [1.82, 2.24) is 4.90 Å². The van der Waals surface area contributed by atoms with Crippen molar-refractivity contribution < 1.29 is 14.6 Å². The van der Waals surface area contributed by atoms with E-state index in [1.165, 1.54) is 11.3 Å². The predicted molar refractivity (Wildman–Crippen MR) is 88.0 cm³/mol. The summed E-state index contributed by atoms with van der Waals surface area (Å²) in [6, 6.07) is 11.6. The summed E-state index contributed by atoms with van der Waals surface area (Å²) in [7, 11) is 3.40. The SMILES string of the molecule is COCc1ccsc1C(=O)N(C)C(CCO)c1ccccc1. The molecule has 0 fully saturated rings. The highest BCUT2D eigenvalue weighted by Gasteiger charge is 2.24. The Labute approximate surface area is 135 Å². The lowest BCUT2D eigenvalue weighted by Crippen LogP contribution is -2.32. The summed E-state index contributed by atoms with van der Waals surface area (Å²) < 4.78 is 5.15. The Morgan fingerprint density at radius 3 is 2.68 bits per heavy atom. The number of ether oxygens (including phenoxy) is 1. The lowest BCUT2D eigenvalue weighted by molar-refractivity contribution is 0.0706. The summed E-state index contributed by atoms with van der Waals surface area (Å²) in [5.74, 6) is -0.0376. The molecule has 1 atom stereocenters. The second kappa shape index (κ2) is 8.08. The van der Waals surface area contributed by atoms with E-state index in [1.54, 1.807) is 19.1 Å². The van der Waals surface area contributed by atoms with E-state index < -0.39 is 0 Å². The smallest absolute Gasteiger partial charge is 0.264 e. The molecule has 0 bridgehead atoms. The molecule has 1 aromatic heterocycles. The van der Waals surface area contributed by atoms with E-state index in [2.05, 4.69) is 0 Å². The van der Waals surface area contributed by atoms with Crippen LogP contribution in [0.1, 0.15) is 33.3 Å². The molecule has 1 amide bonds. The minimum absolute atomic E-state index is 0.0343. The molecule has 0 aliphatic rings. The summed E-state index contributed by atoms with van der Waals surface area (Å²) in [4.78, 5) is 15.2. The van der Waals surface area contributed by atoms with Gasteiger partial charge in [-0.05, 0) is 23.4 Å². The molecular formula is C17H21NO3S. The van der Waals surface area contributed by atoms with E-state index in [4.69, 9.17) is 4.74 Å². The maximum atomic E-state index is 12.8. The van der Waals surface area contributed by atoms with Gasteiger partial charge in [-0.25, -0.2) is 0 Å². The number of hydrogen-bond donors (Lipinski definition) is 1. The highest BCUT2D eigenvalue weighted by Crippen LogP contribution is 2.27. The lowest BCUT2D eigenvalue weighted by Gasteiger charge is -2.28. The average molecular weight is 319 g/mol. The largest absolute Gasteiger partial charge is 0.396 e. The van der Waals surface area contributed by atoms with Gasteiger partial charge in [-0.2, -0.15) is 0 Å². The Morgan fingerprint density at radius 2 is 2.05 bits per heavy atom. The predicted octanol–water partition coefficient (Wildman–Crippen LogP) is 3.09. The van der Waals surface area contributed by atoms with Crippen LogP contribution in [-0.2, 0) is 11.3 Å². The van der Waals surface area contributed by atoms with Gasteiger partial charge in [0.15, 0.2) is 0 Å². The molecule has 22 heavy (non-hydrogen) atoms. The Bertz CT molecular complexity index is 597. The standard InChI is InChI=1S/C17H21NO3S/c1-18(15(8-10-19)13-6-4-3-5-7-13)17(20)16-14(12-21-2)9-11-22-16/h3-7,9,11,15,19H,8,10,12H2,1-2H3. The maximum absolute atomic E-state index is 12.8. The van der Waals surface area contributed by atoms with E-state index in [0.717, 1.165) is 11.1 Å². The van der Waals surface area contributed by atoms with Crippen LogP contribution in [0.5, 0.6) is 0 Å². The summed E-state index contributed by atoms with van der Waals surface area (Å²) in [5, 5.41) is 11.2. The number of carbonyl (C=O) groups is 1. The fraction of sp³-hybridized carbons (Fsp3) is 0.353. The van der Waals surface area contributed by atoms with Crippen LogP contribution >= 0.6 is 11.3 Å². The van der Waals surface area contributed by atoms with Crippen LogP contribution < -0.4 is 0 Å². The zero-order valence-corrected chi connectivity index (χ0v) is 13.7. The first-order valence-corrected chi connectivity index (χ1v) is 8.05. The number of carbonyl (C=O) groups excluding carboxylic acids is 1. The molecular weight excluding hydrogens is 298 g/mol. The van der Waals surface area contributed by atoms with Crippen molar-refractivity contribution in [3.63, 3.8) is 0 Å². The first kappa shape index (κ1) is 16.7. The number of rotatable bonds is 7. The van der Waals surface area contributed by atoms with E-state index in [9.17, 15) is 9.90 Å². The minimum Gasteiger partial charge on any atom is -0.396 e.